The minimum absolute atomic E-state index is 0.0499. The fraction of sp³-hybridized carbons (Fsp3) is 0.417. The number of nitrogens with zero attached hydrogens (tertiary/aromatic N) is 3. The summed E-state index contributed by atoms with van der Waals surface area (Å²) in [4.78, 5) is 31.7. The standard InChI is InChI=1S/C24H30FN5O2/c1-24(2)17-29(22(31)26-14-18-6-4-3-5-7-18)16-21-15-28(12-13-30(21)24)23(32)27-20-10-8-19(25)9-11-20/h3-11,21H,12-17H2,1-2H3,(H,26,31)(H,27,32)/t21-/m0/s1. The molecule has 4 rings (SSSR count). The molecule has 0 saturated carbocycles. The van der Waals surface area contributed by atoms with Crippen molar-refractivity contribution in [2.45, 2.75) is 32.0 Å². The van der Waals surface area contributed by atoms with E-state index < -0.39 is 0 Å². The van der Waals surface area contributed by atoms with E-state index in [9.17, 15) is 14.0 Å². The molecule has 2 N–H and O–H groups in total. The van der Waals surface area contributed by atoms with E-state index in [0.29, 0.717) is 38.4 Å². The Morgan fingerprint density at radius 1 is 0.969 bits per heavy atom. The van der Waals surface area contributed by atoms with Crippen LogP contribution in [0.3, 0.4) is 0 Å². The number of carbonyl (C=O) groups excluding carboxylic acids is 2. The minimum Gasteiger partial charge on any atom is -0.334 e. The number of piperazine rings is 2. The van der Waals surface area contributed by atoms with E-state index >= 15 is 0 Å². The van der Waals surface area contributed by atoms with Crippen LogP contribution >= 0.6 is 0 Å². The highest BCUT2D eigenvalue weighted by Gasteiger charge is 2.44. The smallest absolute Gasteiger partial charge is 0.321 e. The van der Waals surface area contributed by atoms with Crippen molar-refractivity contribution in [3.63, 3.8) is 0 Å². The summed E-state index contributed by atoms with van der Waals surface area (Å²) in [6.07, 6.45) is 0. The van der Waals surface area contributed by atoms with Crippen LogP contribution in [-0.2, 0) is 6.54 Å². The molecular formula is C24H30FN5O2. The van der Waals surface area contributed by atoms with E-state index in [4.69, 9.17) is 0 Å². The van der Waals surface area contributed by atoms with E-state index in [1.807, 2.05) is 35.2 Å². The first-order chi connectivity index (χ1) is 15.3. The van der Waals surface area contributed by atoms with Gasteiger partial charge in [0.1, 0.15) is 5.82 Å². The van der Waals surface area contributed by atoms with Gasteiger partial charge < -0.3 is 20.4 Å². The first-order valence-electron chi connectivity index (χ1n) is 11.0. The molecule has 0 bridgehead atoms. The van der Waals surface area contributed by atoms with Crippen LogP contribution in [0.4, 0.5) is 19.7 Å². The number of hydrogen-bond acceptors (Lipinski definition) is 3. The maximum Gasteiger partial charge on any atom is 0.321 e. The largest absolute Gasteiger partial charge is 0.334 e. The fourth-order valence-electron chi connectivity index (χ4n) is 4.65. The number of anilines is 1. The maximum absolute atomic E-state index is 13.1. The third kappa shape index (κ3) is 5.02. The van der Waals surface area contributed by atoms with Gasteiger partial charge in [0.15, 0.2) is 0 Å². The van der Waals surface area contributed by atoms with Gasteiger partial charge in [-0.25, -0.2) is 14.0 Å². The average Bonchev–Trinajstić information content (AvgIpc) is 2.78. The number of rotatable bonds is 3. The Morgan fingerprint density at radius 2 is 1.66 bits per heavy atom. The molecule has 2 heterocycles. The summed E-state index contributed by atoms with van der Waals surface area (Å²) >= 11 is 0. The second kappa shape index (κ2) is 9.16. The van der Waals surface area contributed by atoms with Gasteiger partial charge in [0.05, 0.1) is 0 Å². The van der Waals surface area contributed by atoms with Gasteiger partial charge in [-0.2, -0.15) is 0 Å². The molecule has 8 heteroatoms. The molecule has 2 fully saturated rings. The van der Waals surface area contributed by atoms with Gasteiger partial charge in [-0.05, 0) is 43.7 Å². The molecule has 1 atom stereocenters. The quantitative estimate of drug-likeness (QED) is 0.771. The number of carbonyl (C=O) groups is 2. The van der Waals surface area contributed by atoms with Crippen LogP contribution in [0.5, 0.6) is 0 Å². The zero-order valence-electron chi connectivity index (χ0n) is 18.6. The van der Waals surface area contributed by atoms with Gasteiger partial charge in [-0.15, -0.1) is 0 Å². The topological polar surface area (TPSA) is 67.9 Å². The molecule has 2 aromatic rings. The Kier molecular flexibility index (Phi) is 6.32. The van der Waals surface area contributed by atoms with Crippen LogP contribution in [-0.4, -0.2) is 71.1 Å². The minimum atomic E-state index is -0.341. The number of amides is 4. The molecule has 2 aliphatic rings. The van der Waals surface area contributed by atoms with Gasteiger partial charge in [0, 0.05) is 56.5 Å². The van der Waals surface area contributed by atoms with Crippen molar-refractivity contribution in [1.29, 1.82) is 0 Å². The molecule has 170 valence electrons. The lowest BCUT2D eigenvalue weighted by atomic mass is 9.93. The molecule has 2 saturated heterocycles. The molecule has 0 aromatic heterocycles. The van der Waals surface area contributed by atoms with Crippen LogP contribution in [0, 0.1) is 5.82 Å². The molecule has 2 aliphatic heterocycles. The summed E-state index contributed by atoms with van der Waals surface area (Å²) in [5.74, 6) is -0.341. The number of halogens is 1. The van der Waals surface area contributed by atoms with Crippen molar-refractivity contribution in [1.82, 2.24) is 20.0 Å². The van der Waals surface area contributed by atoms with E-state index in [1.54, 1.807) is 17.0 Å². The van der Waals surface area contributed by atoms with Crippen molar-refractivity contribution in [3.05, 3.63) is 66.0 Å². The highest BCUT2D eigenvalue weighted by atomic mass is 19.1. The summed E-state index contributed by atoms with van der Waals surface area (Å²) in [5.41, 5.74) is 1.43. The molecule has 32 heavy (non-hydrogen) atoms. The third-order valence-corrected chi connectivity index (χ3v) is 6.23. The molecule has 0 spiro atoms. The molecule has 0 unspecified atom stereocenters. The molecule has 2 aromatic carbocycles. The summed E-state index contributed by atoms with van der Waals surface area (Å²) in [6.45, 7) is 7.84. The Balaban J connectivity index is 1.38. The predicted molar refractivity (Wildman–Crippen MR) is 122 cm³/mol. The summed E-state index contributed by atoms with van der Waals surface area (Å²) in [7, 11) is 0. The normalized spacial score (nSPS) is 20.4. The number of benzene rings is 2. The van der Waals surface area contributed by atoms with Crippen molar-refractivity contribution in [3.8, 4) is 0 Å². The van der Waals surface area contributed by atoms with Gasteiger partial charge in [0.25, 0.3) is 0 Å². The SMILES string of the molecule is CC1(C)CN(C(=O)NCc2ccccc2)C[C@@H]2CN(C(=O)Nc3ccc(F)cc3)CCN21. The summed E-state index contributed by atoms with van der Waals surface area (Å²) < 4.78 is 13.1. The maximum atomic E-state index is 13.1. The fourth-order valence-corrected chi connectivity index (χ4v) is 4.65. The number of nitrogens with one attached hydrogen (secondary N) is 2. The summed E-state index contributed by atoms with van der Waals surface area (Å²) in [5, 5.41) is 5.85. The number of urea groups is 2. The van der Waals surface area contributed by atoms with Crippen LogP contribution in [0.15, 0.2) is 54.6 Å². The van der Waals surface area contributed by atoms with Gasteiger partial charge in [-0.3, -0.25) is 4.90 Å². The van der Waals surface area contributed by atoms with Crippen molar-refractivity contribution < 1.29 is 14.0 Å². The Hall–Kier alpha value is -3.13. The second-order valence-electron chi connectivity index (χ2n) is 9.07. The van der Waals surface area contributed by atoms with Crippen LogP contribution in [0.1, 0.15) is 19.4 Å². The molecule has 4 amide bonds. The first kappa shape index (κ1) is 22.1. The second-order valence-corrected chi connectivity index (χ2v) is 9.07. The lowest BCUT2D eigenvalue weighted by Gasteiger charge is -2.55. The molecule has 0 radical (unpaired) electrons. The monoisotopic (exact) mass is 439 g/mol. The van der Waals surface area contributed by atoms with E-state index in [1.165, 1.54) is 12.1 Å². The van der Waals surface area contributed by atoms with E-state index in [-0.39, 0.29) is 29.5 Å². The average molecular weight is 440 g/mol. The number of fused-ring (bicyclic) bond motifs is 1. The van der Waals surface area contributed by atoms with Crippen LogP contribution < -0.4 is 10.6 Å². The lowest BCUT2D eigenvalue weighted by Crippen LogP contribution is -2.71. The van der Waals surface area contributed by atoms with Crippen LogP contribution in [0.2, 0.25) is 0 Å². The van der Waals surface area contributed by atoms with Gasteiger partial charge in [0.2, 0.25) is 0 Å². The molecule has 7 nitrogen and oxygen atoms in total. The Labute approximate surface area is 188 Å². The van der Waals surface area contributed by atoms with Crippen molar-refractivity contribution in [2.24, 2.45) is 0 Å². The van der Waals surface area contributed by atoms with Crippen LogP contribution in [0.25, 0.3) is 0 Å². The van der Waals surface area contributed by atoms with Crippen molar-refractivity contribution in [2.75, 3.05) is 38.0 Å². The lowest BCUT2D eigenvalue weighted by molar-refractivity contribution is -0.0427. The Bertz CT molecular complexity index is 951. The van der Waals surface area contributed by atoms with Gasteiger partial charge in [-0.1, -0.05) is 30.3 Å². The number of hydrogen-bond donors (Lipinski definition) is 2. The first-order valence-corrected chi connectivity index (χ1v) is 11.0. The van der Waals surface area contributed by atoms with E-state index in [0.717, 1.165) is 12.1 Å². The summed E-state index contributed by atoms with van der Waals surface area (Å²) in [6, 6.07) is 15.3. The van der Waals surface area contributed by atoms with E-state index in [2.05, 4.69) is 29.4 Å². The Morgan fingerprint density at radius 3 is 2.38 bits per heavy atom. The van der Waals surface area contributed by atoms with Gasteiger partial charge >= 0.3 is 12.1 Å². The molecule has 0 aliphatic carbocycles. The zero-order valence-corrected chi connectivity index (χ0v) is 18.6. The zero-order chi connectivity index (χ0) is 22.7. The highest BCUT2D eigenvalue weighted by Crippen LogP contribution is 2.28. The predicted octanol–water partition coefficient (Wildman–Crippen LogP) is 3.35. The highest BCUT2D eigenvalue weighted by molar-refractivity contribution is 5.89. The third-order valence-electron chi connectivity index (χ3n) is 6.23. The van der Waals surface area contributed by atoms with Crippen molar-refractivity contribution >= 4 is 17.7 Å². The molecular weight excluding hydrogens is 409 g/mol.